The highest BCUT2D eigenvalue weighted by molar-refractivity contribution is 6.29. The molecule has 23 heavy (non-hydrogen) atoms. The van der Waals surface area contributed by atoms with Crippen molar-refractivity contribution in [2.75, 3.05) is 11.9 Å². The SMILES string of the molecule is Clc1nc2c(NCc3ccco3)ncnc2n1C1CCCCO1. The molecular weight excluding hydrogens is 318 g/mol. The number of aromatic nitrogens is 4. The van der Waals surface area contributed by atoms with Crippen molar-refractivity contribution in [2.45, 2.75) is 32.0 Å². The minimum absolute atomic E-state index is 0.117. The quantitative estimate of drug-likeness (QED) is 0.737. The molecule has 0 amide bonds. The first-order chi connectivity index (χ1) is 11.3. The Morgan fingerprint density at radius 1 is 1.35 bits per heavy atom. The Morgan fingerprint density at radius 2 is 2.30 bits per heavy atom. The highest BCUT2D eigenvalue weighted by Crippen LogP contribution is 2.31. The van der Waals surface area contributed by atoms with E-state index in [2.05, 4.69) is 20.3 Å². The molecule has 1 aliphatic heterocycles. The summed E-state index contributed by atoms with van der Waals surface area (Å²) in [5.74, 6) is 1.45. The fraction of sp³-hybridized carbons (Fsp3) is 0.400. The van der Waals surface area contributed by atoms with Crippen LogP contribution in [0.25, 0.3) is 11.2 Å². The van der Waals surface area contributed by atoms with Crippen LogP contribution in [0.3, 0.4) is 0 Å². The third-order valence-corrected chi connectivity index (χ3v) is 4.15. The fourth-order valence-corrected chi connectivity index (χ4v) is 3.05. The van der Waals surface area contributed by atoms with E-state index in [-0.39, 0.29) is 6.23 Å². The van der Waals surface area contributed by atoms with Crippen LogP contribution >= 0.6 is 11.6 Å². The third kappa shape index (κ3) is 2.77. The molecule has 4 rings (SSSR count). The number of ether oxygens (including phenoxy) is 1. The van der Waals surface area contributed by atoms with Crippen molar-refractivity contribution in [3.63, 3.8) is 0 Å². The number of rotatable bonds is 4. The van der Waals surface area contributed by atoms with Gasteiger partial charge in [-0.15, -0.1) is 0 Å². The number of furan rings is 1. The lowest BCUT2D eigenvalue weighted by atomic mass is 10.2. The Labute approximate surface area is 137 Å². The van der Waals surface area contributed by atoms with Crippen molar-refractivity contribution in [1.29, 1.82) is 0 Å². The van der Waals surface area contributed by atoms with Crippen molar-refractivity contribution in [1.82, 2.24) is 19.5 Å². The first-order valence-corrected chi connectivity index (χ1v) is 7.97. The van der Waals surface area contributed by atoms with E-state index in [1.807, 2.05) is 16.7 Å². The molecule has 1 N–H and O–H groups in total. The van der Waals surface area contributed by atoms with Crippen molar-refractivity contribution in [3.05, 3.63) is 35.8 Å². The minimum Gasteiger partial charge on any atom is -0.467 e. The van der Waals surface area contributed by atoms with Crippen LogP contribution in [0.15, 0.2) is 29.1 Å². The molecular formula is C15H16ClN5O2. The van der Waals surface area contributed by atoms with Gasteiger partial charge in [-0.1, -0.05) is 0 Å². The molecule has 1 fully saturated rings. The summed E-state index contributed by atoms with van der Waals surface area (Å²) < 4.78 is 13.0. The lowest BCUT2D eigenvalue weighted by Crippen LogP contribution is -2.18. The fourth-order valence-electron chi connectivity index (χ4n) is 2.78. The molecule has 8 heteroatoms. The van der Waals surface area contributed by atoms with E-state index in [9.17, 15) is 0 Å². The Bertz CT molecular complexity index is 796. The number of nitrogens with one attached hydrogen (secondary N) is 1. The zero-order valence-electron chi connectivity index (χ0n) is 12.4. The van der Waals surface area contributed by atoms with Gasteiger partial charge in [0.2, 0.25) is 5.28 Å². The summed E-state index contributed by atoms with van der Waals surface area (Å²) in [7, 11) is 0. The molecule has 0 saturated carbocycles. The van der Waals surface area contributed by atoms with Gasteiger partial charge in [0.25, 0.3) is 0 Å². The average Bonchev–Trinajstić information content (AvgIpc) is 3.20. The molecule has 7 nitrogen and oxygen atoms in total. The maximum atomic E-state index is 6.33. The number of fused-ring (bicyclic) bond motifs is 1. The minimum atomic E-state index is -0.117. The second-order valence-corrected chi connectivity index (χ2v) is 5.74. The number of hydrogen-bond acceptors (Lipinski definition) is 6. The van der Waals surface area contributed by atoms with Gasteiger partial charge in [-0.05, 0) is 43.0 Å². The summed E-state index contributed by atoms with van der Waals surface area (Å²) in [5, 5.41) is 3.58. The molecule has 0 spiro atoms. The molecule has 1 unspecified atom stereocenters. The summed E-state index contributed by atoms with van der Waals surface area (Å²) in [5.41, 5.74) is 1.32. The maximum Gasteiger partial charge on any atom is 0.207 e. The van der Waals surface area contributed by atoms with Gasteiger partial charge in [0.1, 0.15) is 18.3 Å². The standard InChI is InChI=1S/C15H16ClN5O2/c16-15-20-12-13(17-8-10-4-3-7-22-10)18-9-19-14(12)21(15)11-5-1-2-6-23-11/h3-4,7,9,11H,1-2,5-6,8H2,(H,17,18,19). The average molecular weight is 334 g/mol. The van der Waals surface area contributed by atoms with Gasteiger partial charge in [-0.2, -0.15) is 0 Å². The van der Waals surface area contributed by atoms with Crippen LogP contribution in [0, 0.1) is 0 Å². The van der Waals surface area contributed by atoms with E-state index in [1.165, 1.54) is 6.33 Å². The van der Waals surface area contributed by atoms with E-state index in [0.29, 0.717) is 28.8 Å². The topological polar surface area (TPSA) is 78.0 Å². The zero-order valence-corrected chi connectivity index (χ0v) is 13.2. The molecule has 0 radical (unpaired) electrons. The van der Waals surface area contributed by atoms with Gasteiger partial charge in [-0.25, -0.2) is 15.0 Å². The monoisotopic (exact) mass is 333 g/mol. The molecule has 0 bridgehead atoms. The summed E-state index contributed by atoms with van der Waals surface area (Å²) >= 11 is 6.33. The summed E-state index contributed by atoms with van der Waals surface area (Å²) in [6.07, 6.45) is 6.11. The number of imidazole rings is 1. The van der Waals surface area contributed by atoms with E-state index in [0.717, 1.165) is 31.6 Å². The predicted molar refractivity (Wildman–Crippen MR) is 85.2 cm³/mol. The third-order valence-electron chi connectivity index (χ3n) is 3.89. The van der Waals surface area contributed by atoms with E-state index < -0.39 is 0 Å². The maximum absolute atomic E-state index is 6.33. The van der Waals surface area contributed by atoms with Gasteiger partial charge in [0, 0.05) is 6.61 Å². The highest BCUT2D eigenvalue weighted by atomic mass is 35.5. The first kappa shape index (κ1) is 14.5. The molecule has 0 aliphatic carbocycles. The molecule has 4 heterocycles. The highest BCUT2D eigenvalue weighted by Gasteiger charge is 2.23. The molecule has 3 aromatic rings. The van der Waals surface area contributed by atoms with Crippen LogP contribution < -0.4 is 5.32 Å². The molecule has 1 aliphatic rings. The van der Waals surface area contributed by atoms with Crippen molar-refractivity contribution in [3.8, 4) is 0 Å². The van der Waals surface area contributed by atoms with E-state index in [1.54, 1.807) is 6.26 Å². The number of nitrogens with zero attached hydrogens (tertiary/aromatic N) is 4. The summed E-state index contributed by atoms with van der Waals surface area (Å²) in [6.45, 7) is 1.25. The van der Waals surface area contributed by atoms with Gasteiger partial charge in [0.15, 0.2) is 17.0 Å². The lowest BCUT2D eigenvalue weighted by molar-refractivity contribution is -0.0296. The Balaban J connectivity index is 1.67. The van der Waals surface area contributed by atoms with Crippen LogP contribution in [-0.4, -0.2) is 26.1 Å². The second-order valence-electron chi connectivity index (χ2n) is 5.40. The van der Waals surface area contributed by atoms with Crippen molar-refractivity contribution in [2.24, 2.45) is 0 Å². The van der Waals surface area contributed by atoms with Gasteiger partial charge in [0.05, 0.1) is 12.8 Å². The Morgan fingerprint density at radius 3 is 3.09 bits per heavy atom. The second kappa shape index (κ2) is 6.17. The van der Waals surface area contributed by atoms with Crippen LogP contribution in [0.4, 0.5) is 5.82 Å². The molecule has 0 aromatic carbocycles. The first-order valence-electron chi connectivity index (χ1n) is 7.59. The molecule has 1 saturated heterocycles. The van der Waals surface area contributed by atoms with Gasteiger partial charge >= 0.3 is 0 Å². The largest absolute Gasteiger partial charge is 0.467 e. The molecule has 3 aromatic heterocycles. The lowest BCUT2D eigenvalue weighted by Gasteiger charge is -2.24. The van der Waals surface area contributed by atoms with Gasteiger partial charge < -0.3 is 14.5 Å². The van der Waals surface area contributed by atoms with Crippen molar-refractivity contribution >= 4 is 28.6 Å². The Kier molecular flexibility index (Phi) is 3.88. The van der Waals surface area contributed by atoms with Crippen LogP contribution in [-0.2, 0) is 11.3 Å². The number of anilines is 1. The summed E-state index contributed by atoms with van der Waals surface area (Å²) in [4.78, 5) is 13.0. The zero-order chi connectivity index (χ0) is 15.6. The Hall–Kier alpha value is -2.12. The summed E-state index contributed by atoms with van der Waals surface area (Å²) in [6, 6.07) is 3.74. The number of hydrogen-bond donors (Lipinski definition) is 1. The smallest absolute Gasteiger partial charge is 0.207 e. The predicted octanol–water partition coefficient (Wildman–Crippen LogP) is 3.38. The van der Waals surface area contributed by atoms with Crippen LogP contribution in [0.1, 0.15) is 31.3 Å². The van der Waals surface area contributed by atoms with Crippen LogP contribution in [0.5, 0.6) is 0 Å². The van der Waals surface area contributed by atoms with Crippen LogP contribution in [0.2, 0.25) is 5.28 Å². The van der Waals surface area contributed by atoms with E-state index in [4.69, 9.17) is 20.8 Å². The van der Waals surface area contributed by atoms with Crippen molar-refractivity contribution < 1.29 is 9.15 Å². The molecule has 120 valence electrons. The normalized spacial score (nSPS) is 18.4. The number of halogens is 1. The molecule has 1 atom stereocenters. The van der Waals surface area contributed by atoms with E-state index >= 15 is 0 Å². The van der Waals surface area contributed by atoms with Gasteiger partial charge in [-0.3, -0.25) is 4.57 Å².